The minimum atomic E-state index is -0.833. The van der Waals surface area contributed by atoms with E-state index in [-0.39, 0.29) is 0 Å². The van der Waals surface area contributed by atoms with E-state index in [0.717, 1.165) is 51.9 Å². The van der Waals surface area contributed by atoms with Crippen LogP contribution in [-0.4, -0.2) is 58.0 Å². The molecule has 0 amide bonds. The summed E-state index contributed by atoms with van der Waals surface area (Å²) >= 11 is 5.66. The lowest BCUT2D eigenvalue weighted by Gasteiger charge is -2.10. The summed E-state index contributed by atoms with van der Waals surface area (Å²) in [5, 5.41) is 20.0. The molecule has 5 aromatic heterocycles. The van der Waals surface area contributed by atoms with Gasteiger partial charge in [0.25, 0.3) is 5.97 Å². The first kappa shape index (κ1) is 32.9. The highest BCUT2D eigenvalue weighted by molar-refractivity contribution is 6.28. The number of nitrogens with one attached hydrogen (secondary N) is 5. The van der Waals surface area contributed by atoms with E-state index in [0.29, 0.717) is 29.0 Å². The lowest BCUT2D eigenvalue weighted by atomic mass is 10.2. The van der Waals surface area contributed by atoms with Gasteiger partial charge in [-0.25, -0.2) is 19.9 Å². The van der Waals surface area contributed by atoms with Crippen LogP contribution in [0.5, 0.6) is 0 Å². The second-order valence-electron chi connectivity index (χ2n) is 11.3. The van der Waals surface area contributed by atoms with E-state index in [1.54, 1.807) is 12.4 Å². The monoisotopic (exact) mass is 655 g/mol. The Kier molecular flexibility index (Phi) is 10.7. The Hall–Kier alpha value is -5.43. The van der Waals surface area contributed by atoms with Crippen molar-refractivity contribution in [3.8, 4) is 0 Å². The van der Waals surface area contributed by atoms with Crippen LogP contribution in [0, 0.1) is 13.8 Å². The topological polar surface area (TPSA) is 195 Å². The summed E-state index contributed by atoms with van der Waals surface area (Å²) in [5.74, 6) is 1.59. The van der Waals surface area contributed by atoms with Crippen LogP contribution in [0.15, 0.2) is 67.4 Å². The molecular formula is C33H38ClN11O2. The number of pyridine rings is 1. The fraction of sp³-hybridized carbons (Fsp3) is 0.273. The number of benzene rings is 1. The van der Waals surface area contributed by atoms with Crippen LogP contribution in [0.1, 0.15) is 43.7 Å². The molecule has 0 saturated heterocycles. The molecule has 1 aromatic carbocycles. The highest BCUT2D eigenvalue weighted by Crippen LogP contribution is 2.27. The quantitative estimate of drug-likeness (QED) is 0.0929. The Morgan fingerprint density at radius 1 is 0.851 bits per heavy atom. The average molecular weight is 656 g/mol. The van der Waals surface area contributed by atoms with Crippen LogP contribution in [0.3, 0.4) is 0 Å². The lowest BCUT2D eigenvalue weighted by molar-refractivity contribution is -0.134. The number of carboxylic acids is 1. The van der Waals surface area contributed by atoms with Gasteiger partial charge in [-0.15, -0.1) is 0 Å². The van der Waals surface area contributed by atoms with Crippen molar-refractivity contribution in [1.29, 1.82) is 0 Å². The Morgan fingerprint density at radius 2 is 1.47 bits per heavy atom. The first-order valence-corrected chi connectivity index (χ1v) is 15.6. The zero-order valence-corrected chi connectivity index (χ0v) is 27.1. The number of carbonyl (C=O) groups is 1. The first-order valence-electron chi connectivity index (χ1n) is 15.2. The molecule has 14 heteroatoms. The molecule has 0 unspecified atom stereocenters. The number of nitrogens with zero attached hydrogens (tertiary/aromatic N) is 5. The Labute approximate surface area is 276 Å². The normalized spacial score (nSPS) is 13.3. The number of rotatable bonds is 6. The molecule has 47 heavy (non-hydrogen) atoms. The van der Waals surface area contributed by atoms with E-state index in [1.165, 1.54) is 31.1 Å². The van der Waals surface area contributed by atoms with Crippen molar-refractivity contribution < 1.29 is 9.90 Å². The fourth-order valence-corrected chi connectivity index (χ4v) is 4.41. The third-order valence-electron chi connectivity index (χ3n) is 6.98. The van der Waals surface area contributed by atoms with E-state index < -0.39 is 5.97 Å². The van der Waals surface area contributed by atoms with Crippen LogP contribution in [0.2, 0.25) is 5.28 Å². The molecule has 0 radical (unpaired) electrons. The number of carboxylic acid groups (broad SMARTS) is 1. The number of H-pyrrole nitrogens is 2. The summed E-state index contributed by atoms with van der Waals surface area (Å²) in [4.78, 5) is 36.1. The van der Waals surface area contributed by atoms with Gasteiger partial charge in [-0.1, -0.05) is 0 Å². The molecule has 0 aliphatic heterocycles. The minimum absolute atomic E-state index is 0.309. The number of fused-ring (bicyclic) bond motifs is 2. The summed E-state index contributed by atoms with van der Waals surface area (Å²) in [6.45, 7) is 5.08. The summed E-state index contributed by atoms with van der Waals surface area (Å²) in [7, 11) is 0. The van der Waals surface area contributed by atoms with Crippen LogP contribution in [0.4, 0.5) is 29.0 Å². The van der Waals surface area contributed by atoms with Gasteiger partial charge in [0.2, 0.25) is 11.2 Å². The highest BCUT2D eigenvalue weighted by Gasteiger charge is 2.23. The second kappa shape index (κ2) is 15.2. The van der Waals surface area contributed by atoms with E-state index in [2.05, 4.69) is 69.0 Å². The predicted octanol–water partition coefficient (Wildman–Crippen LogP) is 6.83. The number of aliphatic carboxylic acids is 1. The largest absolute Gasteiger partial charge is 0.481 e. The summed E-state index contributed by atoms with van der Waals surface area (Å²) in [5.41, 5.74) is 11.3. The van der Waals surface area contributed by atoms with Crippen molar-refractivity contribution in [1.82, 2.24) is 34.9 Å². The van der Waals surface area contributed by atoms with Gasteiger partial charge >= 0.3 is 0 Å². The van der Waals surface area contributed by atoms with Crippen molar-refractivity contribution in [3.05, 3.63) is 83.8 Å². The Balaban J connectivity index is 0.000000141. The number of aromatic nitrogens is 7. The van der Waals surface area contributed by atoms with Crippen molar-refractivity contribution >= 4 is 68.5 Å². The standard InChI is InChI=1S/C16H17N5.C8H10ClN3.C7H7N3.C2H4O2/c1-10-9-18-16(21-15(10)19-12-2-3-12)20-13-4-5-14-11(8-13)6-7-17-14;1-5-4-10-8(9)12-7(5)11-6-2-3-6;8-6-3-5-1-2-9-7(5)10-4-6;1-2(3)4/h4-9,12,17H,2-3H2,1H3,(H2,18,19,20,21);4,6H,2-3H2,1H3,(H,10,11,12);1-4H,8H2,(H,9,10);1H3,(H,3,4). The second-order valence-corrected chi connectivity index (χ2v) is 11.7. The molecule has 6 aromatic rings. The predicted molar refractivity (Wildman–Crippen MR) is 187 cm³/mol. The number of halogens is 1. The maximum atomic E-state index is 9.00. The summed E-state index contributed by atoms with van der Waals surface area (Å²) < 4.78 is 0. The van der Waals surface area contributed by atoms with Crippen LogP contribution < -0.4 is 21.7 Å². The first-order chi connectivity index (χ1) is 22.6. The van der Waals surface area contributed by atoms with Crippen LogP contribution in [-0.2, 0) is 4.79 Å². The van der Waals surface area contributed by atoms with Crippen molar-refractivity contribution in [2.24, 2.45) is 0 Å². The maximum absolute atomic E-state index is 9.00. The number of anilines is 5. The molecule has 0 bridgehead atoms. The van der Waals surface area contributed by atoms with Crippen LogP contribution >= 0.6 is 11.6 Å². The number of hydrogen-bond donors (Lipinski definition) is 7. The van der Waals surface area contributed by atoms with Gasteiger partial charge in [0, 0.05) is 76.9 Å². The van der Waals surface area contributed by atoms with E-state index >= 15 is 0 Å². The van der Waals surface area contributed by atoms with Gasteiger partial charge in [-0.3, -0.25) is 4.79 Å². The van der Waals surface area contributed by atoms with Crippen molar-refractivity contribution in [2.75, 3.05) is 21.7 Å². The molecule has 0 atom stereocenters. The number of nitrogen functional groups attached to an aromatic ring is 1. The van der Waals surface area contributed by atoms with Crippen molar-refractivity contribution in [3.63, 3.8) is 0 Å². The van der Waals surface area contributed by atoms with Gasteiger partial charge in [-0.05, 0) is 87.5 Å². The Bertz CT molecular complexity index is 1950. The molecule has 2 aliphatic rings. The zero-order chi connectivity index (χ0) is 33.3. The number of nitrogens with two attached hydrogens (primary N) is 1. The number of aryl methyl sites for hydroxylation is 2. The molecule has 244 valence electrons. The van der Waals surface area contributed by atoms with E-state index in [9.17, 15) is 0 Å². The molecule has 13 nitrogen and oxygen atoms in total. The van der Waals surface area contributed by atoms with Gasteiger partial charge in [0.05, 0.1) is 11.9 Å². The zero-order valence-electron chi connectivity index (χ0n) is 26.4. The molecule has 2 aliphatic carbocycles. The average Bonchev–Trinajstić information content (AvgIpc) is 3.94. The number of hydrogen-bond acceptors (Lipinski definition) is 10. The SMILES string of the molecule is CC(=O)O.Cc1cnc(Cl)nc1NC1CC1.Cc1cnc(Nc2ccc3[nH]ccc3c2)nc1NC1CC1.Nc1cnc2[nH]ccc2c1. The van der Waals surface area contributed by atoms with E-state index in [1.807, 2.05) is 50.6 Å². The molecule has 2 saturated carbocycles. The lowest BCUT2D eigenvalue weighted by Crippen LogP contribution is -2.07. The third kappa shape index (κ3) is 10.3. The third-order valence-corrected chi connectivity index (χ3v) is 7.16. The smallest absolute Gasteiger partial charge is 0.300 e. The molecular weight excluding hydrogens is 618 g/mol. The van der Waals surface area contributed by atoms with Gasteiger partial charge in [0.1, 0.15) is 17.3 Å². The summed E-state index contributed by atoms with van der Waals surface area (Å²) in [6, 6.07) is 13.2. The minimum Gasteiger partial charge on any atom is -0.481 e. The molecule has 5 heterocycles. The molecule has 0 spiro atoms. The van der Waals surface area contributed by atoms with Gasteiger partial charge < -0.3 is 36.8 Å². The molecule has 2 fully saturated rings. The molecule has 8 rings (SSSR count). The van der Waals surface area contributed by atoms with Gasteiger partial charge in [0.15, 0.2) is 0 Å². The van der Waals surface area contributed by atoms with E-state index in [4.69, 9.17) is 27.2 Å². The Morgan fingerprint density at radius 3 is 2.15 bits per heavy atom. The fourth-order valence-electron chi connectivity index (χ4n) is 4.27. The number of aromatic amines is 2. The van der Waals surface area contributed by atoms with Crippen molar-refractivity contribution in [2.45, 2.75) is 58.5 Å². The summed E-state index contributed by atoms with van der Waals surface area (Å²) in [6.07, 6.45) is 14.0. The maximum Gasteiger partial charge on any atom is 0.300 e. The van der Waals surface area contributed by atoms with Crippen LogP contribution in [0.25, 0.3) is 21.9 Å². The van der Waals surface area contributed by atoms with Gasteiger partial charge in [-0.2, -0.15) is 4.98 Å². The highest BCUT2D eigenvalue weighted by atomic mass is 35.5. The molecule has 8 N–H and O–H groups in total.